The van der Waals surface area contributed by atoms with Gasteiger partial charge in [-0.15, -0.1) is 0 Å². The van der Waals surface area contributed by atoms with Crippen molar-refractivity contribution in [2.45, 2.75) is 32.0 Å². The summed E-state index contributed by atoms with van der Waals surface area (Å²) >= 11 is 0. The number of carbonyl (C=O) groups is 2. The molecule has 2 heterocycles. The minimum Gasteiger partial charge on any atom is -0.327 e. The maximum absolute atomic E-state index is 14.1. The molecule has 0 saturated heterocycles. The average Bonchev–Trinajstić information content (AvgIpc) is 3.22. The lowest BCUT2D eigenvalue weighted by Crippen LogP contribution is -2.45. The number of nitrogens with one attached hydrogen (secondary N) is 1. The standard InChI is InChI=1S/C26H22F2N4O2/c1-16-25-30-20-9-5-6-10-22(20)32(25)23(26(34)31(16)15-17-7-3-2-4-8-17)14-24(33)29-21-13-18(27)11-12-19(21)28/h2-13,16,23H,14-15H2,1H3,(H,29,33)/t16-,23+/m1/s1. The van der Waals surface area contributed by atoms with Crippen LogP contribution in [0.15, 0.2) is 72.8 Å². The number of benzene rings is 3. The van der Waals surface area contributed by atoms with Crippen molar-refractivity contribution in [1.82, 2.24) is 14.5 Å². The summed E-state index contributed by atoms with van der Waals surface area (Å²) in [5, 5.41) is 2.41. The Morgan fingerprint density at radius 1 is 1.03 bits per heavy atom. The summed E-state index contributed by atoms with van der Waals surface area (Å²) in [6.07, 6.45) is -0.250. The number of hydrogen-bond acceptors (Lipinski definition) is 3. The Kier molecular flexibility index (Phi) is 5.57. The number of halogens is 2. The molecule has 1 aliphatic rings. The van der Waals surface area contributed by atoms with Crippen molar-refractivity contribution in [1.29, 1.82) is 0 Å². The molecule has 8 heteroatoms. The predicted octanol–water partition coefficient (Wildman–Crippen LogP) is 4.99. The number of imidazole rings is 1. The number of hydrogen-bond donors (Lipinski definition) is 1. The average molecular weight is 460 g/mol. The molecule has 0 radical (unpaired) electrons. The van der Waals surface area contributed by atoms with Crippen molar-refractivity contribution in [3.63, 3.8) is 0 Å². The molecule has 172 valence electrons. The van der Waals surface area contributed by atoms with Crippen LogP contribution >= 0.6 is 0 Å². The van der Waals surface area contributed by atoms with Crippen molar-refractivity contribution in [2.24, 2.45) is 0 Å². The van der Waals surface area contributed by atoms with E-state index in [-0.39, 0.29) is 24.1 Å². The van der Waals surface area contributed by atoms with Crippen LogP contribution in [-0.2, 0) is 16.1 Å². The van der Waals surface area contributed by atoms with Gasteiger partial charge in [0.15, 0.2) is 0 Å². The van der Waals surface area contributed by atoms with E-state index in [9.17, 15) is 18.4 Å². The monoisotopic (exact) mass is 460 g/mol. The largest absolute Gasteiger partial charge is 0.327 e. The lowest BCUT2D eigenvalue weighted by atomic mass is 10.0. The van der Waals surface area contributed by atoms with Gasteiger partial charge in [0.1, 0.15) is 23.5 Å². The summed E-state index contributed by atoms with van der Waals surface area (Å²) in [4.78, 5) is 33.1. The van der Waals surface area contributed by atoms with Crippen LogP contribution in [0, 0.1) is 11.6 Å². The molecule has 4 aromatic rings. The topological polar surface area (TPSA) is 67.2 Å². The molecule has 5 rings (SSSR count). The molecular formula is C26H22F2N4O2. The zero-order valence-electron chi connectivity index (χ0n) is 18.4. The molecule has 0 bridgehead atoms. The zero-order valence-corrected chi connectivity index (χ0v) is 18.4. The summed E-state index contributed by atoms with van der Waals surface area (Å²) < 4.78 is 29.4. The highest BCUT2D eigenvalue weighted by molar-refractivity contribution is 5.96. The number of rotatable bonds is 5. The van der Waals surface area contributed by atoms with E-state index in [1.807, 2.05) is 61.5 Å². The predicted molar refractivity (Wildman–Crippen MR) is 124 cm³/mol. The molecule has 2 atom stereocenters. The second-order valence-electron chi connectivity index (χ2n) is 8.35. The summed E-state index contributed by atoms with van der Waals surface area (Å²) in [5.74, 6) is -1.58. The lowest BCUT2D eigenvalue weighted by molar-refractivity contribution is -0.142. The number of fused-ring (bicyclic) bond motifs is 3. The fourth-order valence-corrected chi connectivity index (χ4v) is 4.46. The Labute approximate surface area is 194 Å². The maximum atomic E-state index is 14.1. The van der Waals surface area contributed by atoms with Crippen molar-refractivity contribution in [3.8, 4) is 0 Å². The fourth-order valence-electron chi connectivity index (χ4n) is 4.46. The maximum Gasteiger partial charge on any atom is 0.247 e. The molecular weight excluding hydrogens is 438 g/mol. The molecule has 1 aromatic heterocycles. The van der Waals surface area contributed by atoms with Gasteiger partial charge in [-0.3, -0.25) is 9.59 Å². The van der Waals surface area contributed by atoms with E-state index in [0.29, 0.717) is 12.4 Å². The van der Waals surface area contributed by atoms with Crippen LogP contribution in [0.4, 0.5) is 14.5 Å². The van der Waals surface area contributed by atoms with Gasteiger partial charge in [-0.25, -0.2) is 13.8 Å². The molecule has 1 aliphatic heterocycles. The van der Waals surface area contributed by atoms with Gasteiger partial charge < -0.3 is 14.8 Å². The van der Waals surface area contributed by atoms with E-state index in [1.54, 1.807) is 9.47 Å². The van der Waals surface area contributed by atoms with E-state index < -0.39 is 23.6 Å². The highest BCUT2D eigenvalue weighted by Crippen LogP contribution is 2.37. The van der Waals surface area contributed by atoms with Crippen LogP contribution in [0.5, 0.6) is 0 Å². The Morgan fingerprint density at radius 3 is 2.56 bits per heavy atom. The van der Waals surface area contributed by atoms with E-state index in [4.69, 9.17) is 4.98 Å². The number of aromatic nitrogens is 2. The van der Waals surface area contributed by atoms with Crippen LogP contribution < -0.4 is 5.32 Å². The molecule has 0 spiro atoms. The highest BCUT2D eigenvalue weighted by atomic mass is 19.1. The van der Waals surface area contributed by atoms with Crippen molar-refractivity contribution in [2.75, 3.05) is 5.32 Å². The van der Waals surface area contributed by atoms with E-state index in [0.717, 1.165) is 34.8 Å². The first-order valence-corrected chi connectivity index (χ1v) is 11.0. The fraction of sp³-hybridized carbons (Fsp3) is 0.192. The molecule has 0 saturated carbocycles. The summed E-state index contributed by atoms with van der Waals surface area (Å²) in [6.45, 7) is 2.28. The van der Waals surface area contributed by atoms with Crippen LogP contribution in [0.1, 0.15) is 36.8 Å². The van der Waals surface area contributed by atoms with Gasteiger partial charge in [0.25, 0.3) is 0 Å². The third-order valence-electron chi connectivity index (χ3n) is 6.12. The smallest absolute Gasteiger partial charge is 0.247 e. The molecule has 2 amide bonds. The molecule has 0 fully saturated rings. The summed E-state index contributed by atoms with van der Waals surface area (Å²) in [6, 6.07) is 18.7. The third-order valence-corrected chi connectivity index (χ3v) is 6.12. The summed E-state index contributed by atoms with van der Waals surface area (Å²) in [5.41, 5.74) is 2.16. The first-order chi connectivity index (χ1) is 16.4. The van der Waals surface area contributed by atoms with Crippen LogP contribution in [0.3, 0.4) is 0 Å². The minimum absolute atomic E-state index is 0.234. The Hall–Kier alpha value is -4.07. The second-order valence-corrected chi connectivity index (χ2v) is 8.35. The minimum atomic E-state index is -0.876. The van der Waals surface area contributed by atoms with E-state index >= 15 is 0 Å². The zero-order chi connectivity index (χ0) is 23.8. The Balaban J connectivity index is 1.51. The van der Waals surface area contributed by atoms with Crippen molar-refractivity contribution >= 4 is 28.5 Å². The number of nitrogens with zero attached hydrogens (tertiary/aromatic N) is 3. The molecule has 6 nitrogen and oxygen atoms in total. The molecule has 34 heavy (non-hydrogen) atoms. The Morgan fingerprint density at radius 2 is 1.76 bits per heavy atom. The number of amides is 2. The molecule has 1 N–H and O–H groups in total. The van der Waals surface area contributed by atoms with Gasteiger partial charge >= 0.3 is 0 Å². The van der Waals surface area contributed by atoms with Crippen LogP contribution in [0.25, 0.3) is 11.0 Å². The summed E-state index contributed by atoms with van der Waals surface area (Å²) in [7, 11) is 0. The number of para-hydroxylation sites is 2. The molecule has 0 aliphatic carbocycles. The second kappa shape index (κ2) is 8.70. The first kappa shape index (κ1) is 21.8. The highest BCUT2D eigenvalue weighted by Gasteiger charge is 2.40. The number of anilines is 1. The first-order valence-electron chi connectivity index (χ1n) is 11.0. The quantitative estimate of drug-likeness (QED) is 0.456. The number of carbonyl (C=O) groups excluding carboxylic acids is 2. The molecule has 3 aromatic carbocycles. The van der Waals surface area contributed by atoms with Crippen LogP contribution in [0.2, 0.25) is 0 Å². The molecule has 0 unspecified atom stereocenters. The third kappa shape index (κ3) is 3.91. The van der Waals surface area contributed by atoms with Gasteiger partial charge in [-0.2, -0.15) is 0 Å². The van der Waals surface area contributed by atoms with Gasteiger partial charge in [0.05, 0.1) is 29.2 Å². The van der Waals surface area contributed by atoms with E-state index in [1.165, 1.54) is 0 Å². The lowest BCUT2D eigenvalue weighted by Gasteiger charge is -2.38. The van der Waals surface area contributed by atoms with Crippen molar-refractivity contribution in [3.05, 3.63) is 95.8 Å². The van der Waals surface area contributed by atoms with Crippen LogP contribution in [-0.4, -0.2) is 26.3 Å². The van der Waals surface area contributed by atoms with Crippen molar-refractivity contribution < 1.29 is 18.4 Å². The normalized spacial score (nSPS) is 17.6. The SMILES string of the molecule is C[C@@H]1c2nc3ccccc3n2[C@@H](CC(=O)Nc2cc(F)ccc2F)C(=O)N1Cc1ccccc1. The van der Waals surface area contributed by atoms with Gasteiger partial charge in [0, 0.05) is 12.6 Å². The van der Waals surface area contributed by atoms with Gasteiger partial charge in [-0.1, -0.05) is 42.5 Å². The van der Waals surface area contributed by atoms with E-state index in [2.05, 4.69) is 5.32 Å². The Bertz CT molecular complexity index is 1390. The van der Waals surface area contributed by atoms with Gasteiger partial charge in [-0.05, 0) is 36.8 Å². The van der Waals surface area contributed by atoms with Gasteiger partial charge in [0.2, 0.25) is 11.8 Å².